The van der Waals surface area contributed by atoms with Crippen molar-refractivity contribution in [1.82, 2.24) is 14.9 Å². The number of hydrogen-bond donors (Lipinski definition) is 1. The maximum absolute atomic E-state index is 5.83. The van der Waals surface area contributed by atoms with E-state index in [9.17, 15) is 0 Å². The lowest BCUT2D eigenvalue weighted by Crippen LogP contribution is -2.36. The third-order valence-corrected chi connectivity index (χ3v) is 4.45. The number of nitrogens with zero attached hydrogens (tertiary/aromatic N) is 3. The predicted molar refractivity (Wildman–Crippen MR) is 90.4 cm³/mol. The van der Waals surface area contributed by atoms with E-state index in [1.165, 1.54) is 0 Å². The normalized spacial score (nSPS) is 19.7. The highest BCUT2D eigenvalue weighted by molar-refractivity contribution is 14.1. The van der Waals surface area contributed by atoms with Crippen LogP contribution in [0.1, 0.15) is 31.0 Å². The minimum atomic E-state index is -0.0708. The van der Waals surface area contributed by atoms with Gasteiger partial charge in [-0.3, -0.25) is 0 Å². The van der Waals surface area contributed by atoms with Crippen LogP contribution >= 0.6 is 22.6 Å². The molecule has 1 unspecified atom stereocenters. The number of ether oxygens (including phenoxy) is 2. The standard InChI is InChI=1S/C14H23IN4O2/c1-4-5-16-14-12(15)10(9-20-3)17-13(18-14)11-8-19(2)6-7-21-11/h11H,4-9H2,1-3H3,(H,16,17,18). The van der Waals surface area contributed by atoms with Crippen molar-refractivity contribution in [3.63, 3.8) is 0 Å². The molecule has 1 aromatic heterocycles. The number of likely N-dealkylation sites (N-methyl/N-ethyl adjacent to an activating group) is 1. The summed E-state index contributed by atoms with van der Waals surface area (Å²) in [7, 11) is 3.77. The number of nitrogens with one attached hydrogen (secondary N) is 1. The van der Waals surface area contributed by atoms with Crippen molar-refractivity contribution < 1.29 is 9.47 Å². The molecular formula is C14H23IN4O2. The maximum Gasteiger partial charge on any atom is 0.161 e. The Labute approximate surface area is 139 Å². The fourth-order valence-corrected chi connectivity index (χ4v) is 2.77. The molecule has 1 aliphatic heterocycles. The van der Waals surface area contributed by atoms with Gasteiger partial charge in [-0.05, 0) is 36.1 Å². The number of morpholine rings is 1. The minimum absolute atomic E-state index is 0.0708. The van der Waals surface area contributed by atoms with Gasteiger partial charge in [-0.2, -0.15) is 0 Å². The molecule has 0 amide bonds. The van der Waals surface area contributed by atoms with Gasteiger partial charge in [-0.15, -0.1) is 0 Å². The van der Waals surface area contributed by atoms with Gasteiger partial charge in [-0.25, -0.2) is 9.97 Å². The van der Waals surface area contributed by atoms with Crippen LogP contribution < -0.4 is 5.32 Å². The maximum atomic E-state index is 5.83. The molecule has 1 aliphatic rings. The number of aromatic nitrogens is 2. The van der Waals surface area contributed by atoms with Crippen LogP contribution in [0.15, 0.2) is 0 Å². The molecule has 1 N–H and O–H groups in total. The van der Waals surface area contributed by atoms with E-state index in [1.54, 1.807) is 7.11 Å². The number of rotatable bonds is 6. The summed E-state index contributed by atoms with van der Waals surface area (Å²) in [6.07, 6.45) is 0.982. The van der Waals surface area contributed by atoms with Crippen molar-refractivity contribution >= 4 is 28.4 Å². The molecule has 0 spiro atoms. The number of methoxy groups -OCH3 is 1. The first kappa shape index (κ1) is 16.9. The van der Waals surface area contributed by atoms with Crippen molar-refractivity contribution in [2.24, 2.45) is 0 Å². The van der Waals surface area contributed by atoms with E-state index >= 15 is 0 Å². The van der Waals surface area contributed by atoms with Crippen LogP contribution in [0.2, 0.25) is 0 Å². The van der Waals surface area contributed by atoms with Gasteiger partial charge in [0.05, 0.1) is 22.5 Å². The molecule has 0 aliphatic carbocycles. The lowest BCUT2D eigenvalue weighted by Gasteiger charge is -2.29. The topological polar surface area (TPSA) is 59.5 Å². The van der Waals surface area contributed by atoms with Gasteiger partial charge in [0.15, 0.2) is 5.82 Å². The number of halogens is 1. The Balaban J connectivity index is 2.28. The highest BCUT2D eigenvalue weighted by atomic mass is 127. The van der Waals surface area contributed by atoms with Gasteiger partial charge in [0, 0.05) is 26.7 Å². The number of hydrogen-bond acceptors (Lipinski definition) is 6. The first-order valence-electron chi connectivity index (χ1n) is 7.25. The van der Waals surface area contributed by atoms with Gasteiger partial charge in [0.2, 0.25) is 0 Å². The molecule has 0 aromatic carbocycles. The summed E-state index contributed by atoms with van der Waals surface area (Å²) in [5.74, 6) is 1.62. The van der Waals surface area contributed by atoms with E-state index in [2.05, 4.69) is 56.7 Å². The molecule has 2 rings (SSSR count). The van der Waals surface area contributed by atoms with Crippen molar-refractivity contribution in [2.75, 3.05) is 45.7 Å². The Kier molecular flexibility index (Phi) is 6.59. The average molecular weight is 406 g/mol. The molecule has 1 fully saturated rings. The highest BCUT2D eigenvalue weighted by Gasteiger charge is 2.24. The number of anilines is 1. The van der Waals surface area contributed by atoms with Crippen LogP contribution in [0.25, 0.3) is 0 Å². The molecule has 7 heteroatoms. The van der Waals surface area contributed by atoms with Crippen LogP contribution in [-0.2, 0) is 16.1 Å². The summed E-state index contributed by atoms with van der Waals surface area (Å²) in [6, 6.07) is 0. The lowest BCUT2D eigenvalue weighted by atomic mass is 10.2. The first-order valence-corrected chi connectivity index (χ1v) is 8.32. The van der Waals surface area contributed by atoms with Crippen molar-refractivity contribution in [1.29, 1.82) is 0 Å². The molecule has 0 radical (unpaired) electrons. The molecule has 0 saturated carbocycles. The summed E-state index contributed by atoms with van der Waals surface area (Å²) >= 11 is 2.28. The minimum Gasteiger partial charge on any atom is -0.378 e. The van der Waals surface area contributed by atoms with Gasteiger partial charge in [-0.1, -0.05) is 6.92 Å². The average Bonchev–Trinajstić information content (AvgIpc) is 2.48. The zero-order valence-corrected chi connectivity index (χ0v) is 15.0. The van der Waals surface area contributed by atoms with Crippen molar-refractivity contribution in [2.45, 2.75) is 26.1 Å². The van der Waals surface area contributed by atoms with E-state index in [0.717, 1.165) is 47.0 Å². The Morgan fingerprint density at radius 2 is 2.29 bits per heavy atom. The summed E-state index contributed by atoms with van der Waals surface area (Å²) in [6.45, 7) is 6.00. The van der Waals surface area contributed by atoms with E-state index in [4.69, 9.17) is 9.47 Å². The molecule has 21 heavy (non-hydrogen) atoms. The molecule has 6 nitrogen and oxygen atoms in total. The molecular weight excluding hydrogens is 383 g/mol. The Bertz CT molecular complexity index is 473. The molecule has 2 heterocycles. The van der Waals surface area contributed by atoms with E-state index in [0.29, 0.717) is 13.2 Å². The van der Waals surface area contributed by atoms with Crippen LogP contribution in [0.4, 0.5) is 5.82 Å². The molecule has 1 saturated heterocycles. The second-order valence-electron chi connectivity index (χ2n) is 5.17. The van der Waals surface area contributed by atoms with Crippen LogP contribution in [0.5, 0.6) is 0 Å². The van der Waals surface area contributed by atoms with Crippen molar-refractivity contribution in [3.8, 4) is 0 Å². The summed E-state index contributed by atoms with van der Waals surface area (Å²) in [4.78, 5) is 11.6. The fourth-order valence-electron chi connectivity index (χ4n) is 2.18. The lowest BCUT2D eigenvalue weighted by molar-refractivity contribution is -0.0256. The monoisotopic (exact) mass is 406 g/mol. The van der Waals surface area contributed by atoms with Gasteiger partial charge < -0.3 is 19.7 Å². The molecule has 1 aromatic rings. The predicted octanol–water partition coefficient (Wildman–Crippen LogP) is 2.05. The Morgan fingerprint density at radius 3 is 2.95 bits per heavy atom. The molecule has 118 valence electrons. The Morgan fingerprint density at radius 1 is 1.48 bits per heavy atom. The SMILES string of the molecule is CCCNc1nc(C2CN(C)CCO2)nc(COC)c1I. The van der Waals surface area contributed by atoms with Crippen molar-refractivity contribution in [3.05, 3.63) is 15.1 Å². The van der Waals surface area contributed by atoms with E-state index < -0.39 is 0 Å². The van der Waals surface area contributed by atoms with Crippen LogP contribution in [0.3, 0.4) is 0 Å². The summed E-state index contributed by atoms with van der Waals surface area (Å²) < 4.78 is 12.1. The summed E-state index contributed by atoms with van der Waals surface area (Å²) in [5, 5.41) is 3.37. The third kappa shape index (κ3) is 4.48. The third-order valence-electron chi connectivity index (χ3n) is 3.32. The molecule has 1 atom stereocenters. The van der Waals surface area contributed by atoms with E-state index in [-0.39, 0.29) is 6.10 Å². The Hall–Kier alpha value is -0.510. The first-order chi connectivity index (χ1) is 10.2. The van der Waals surface area contributed by atoms with Gasteiger partial charge in [0.25, 0.3) is 0 Å². The quantitative estimate of drug-likeness (QED) is 0.730. The van der Waals surface area contributed by atoms with E-state index in [1.807, 2.05) is 0 Å². The smallest absolute Gasteiger partial charge is 0.161 e. The second-order valence-corrected chi connectivity index (χ2v) is 6.25. The summed E-state index contributed by atoms with van der Waals surface area (Å²) in [5.41, 5.74) is 0.915. The zero-order valence-electron chi connectivity index (χ0n) is 12.9. The molecule has 0 bridgehead atoms. The fraction of sp³-hybridized carbons (Fsp3) is 0.714. The largest absolute Gasteiger partial charge is 0.378 e. The van der Waals surface area contributed by atoms with Gasteiger partial charge in [0.1, 0.15) is 11.9 Å². The van der Waals surface area contributed by atoms with Gasteiger partial charge >= 0.3 is 0 Å². The zero-order chi connectivity index (χ0) is 15.2. The second kappa shape index (κ2) is 8.21. The van der Waals surface area contributed by atoms with Crippen LogP contribution in [0, 0.1) is 3.57 Å². The highest BCUT2D eigenvalue weighted by Crippen LogP contribution is 2.25. The van der Waals surface area contributed by atoms with Crippen LogP contribution in [-0.4, -0.2) is 55.3 Å².